The van der Waals surface area contributed by atoms with Crippen LogP contribution in [0.15, 0.2) is 0 Å². The molecule has 4 fully saturated rings. The fraction of sp³-hybridized carbons (Fsp3) is 0.857. The molecule has 4 aliphatic carbocycles. The molecular formula is C14H20O4. The zero-order valence-corrected chi connectivity index (χ0v) is 11.0. The van der Waals surface area contributed by atoms with E-state index in [0.29, 0.717) is 17.8 Å². The van der Waals surface area contributed by atoms with Gasteiger partial charge in [0.05, 0.1) is 0 Å². The van der Waals surface area contributed by atoms with E-state index in [2.05, 4.69) is 0 Å². The fourth-order valence-corrected chi connectivity index (χ4v) is 4.73. The van der Waals surface area contributed by atoms with E-state index in [9.17, 15) is 9.59 Å². The van der Waals surface area contributed by atoms with Gasteiger partial charge >= 0.3 is 11.9 Å². The van der Waals surface area contributed by atoms with Crippen molar-refractivity contribution in [2.75, 3.05) is 0 Å². The second-order valence-electron chi connectivity index (χ2n) is 6.30. The van der Waals surface area contributed by atoms with Gasteiger partial charge in [-0.1, -0.05) is 0 Å². The summed E-state index contributed by atoms with van der Waals surface area (Å²) in [5, 5.41) is 0. The van der Waals surface area contributed by atoms with Crippen LogP contribution in [-0.2, 0) is 19.1 Å². The maximum absolute atomic E-state index is 11.4. The lowest BCUT2D eigenvalue weighted by molar-refractivity contribution is -0.236. The largest absolute Gasteiger partial charge is 0.458 e. The predicted molar refractivity (Wildman–Crippen MR) is 63.6 cm³/mol. The molecule has 0 heterocycles. The Morgan fingerprint density at radius 3 is 2.11 bits per heavy atom. The summed E-state index contributed by atoms with van der Waals surface area (Å²) in [6.45, 7) is 2.88. The Morgan fingerprint density at radius 2 is 1.61 bits per heavy atom. The number of carbonyl (C=O) groups excluding carboxylic acids is 2. The highest BCUT2D eigenvalue weighted by atomic mass is 16.6. The Hall–Kier alpha value is -1.06. The molecule has 0 aromatic heterocycles. The van der Waals surface area contributed by atoms with Crippen LogP contribution in [0, 0.1) is 17.8 Å². The molecule has 0 aromatic rings. The second kappa shape index (κ2) is 3.97. The van der Waals surface area contributed by atoms with E-state index < -0.39 is 5.60 Å². The van der Waals surface area contributed by atoms with E-state index in [4.69, 9.17) is 9.47 Å². The van der Waals surface area contributed by atoms with Crippen LogP contribution >= 0.6 is 0 Å². The molecular weight excluding hydrogens is 232 g/mol. The zero-order valence-electron chi connectivity index (χ0n) is 11.0. The van der Waals surface area contributed by atoms with Gasteiger partial charge < -0.3 is 9.47 Å². The van der Waals surface area contributed by atoms with Crippen LogP contribution in [0.4, 0.5) is 0 Å². The number of esters is 2. The van der Waals surface area contributed by atoms with E-state index in [1.54, 1.807) is 0 Å². The van der Waals surface area contributed by atoms with Crippen molar-refractivity contribution in [3.05, 3.63) is 0 Å². The minimum absolute atomic E-state index is 0.216. The maximum Gasteiger partial charge on any atom is 0.303 e. The van der Waals surface area contributed by atoms with Gasteiger partial charge in [-0.25, -0.2) is 0 Å². The van der Waals surface area contributed by atoms with Crippen LogP contribution in [0.2, 0.25) is 0 Å². The molecule has 100 valence electrons. The van der Waals surface area contributed by atoms with Crippen molar-refractivity contribution in [2.24, 2.45) is 17.8 Å². The Labute approximate surface area is 107 Å². The normalized spacial score (nSPS) is 44.8. The Morgan fingerprint density at radius 1 is 1.00 bits per heavy atom. The summed E-state index contributed by atoms with van der Waals surface area (Å²) in [6, 6.07) is 0. The molecule has 18 heavy (non-hydrogen) atoms. The molecule has 4 bridgehead atoms. The fourth-order valence-electron chi connectivity index (χ4n) is 4.73. The molecule has 0 radical (unpaired) electrons. The summed E-state index contributed by atoms with van der Waals surface area (Å²) in [7, 11) is 0. The van der Waals surface area contributed by atoms with Gasteiger partial charge in [0.15, 0.2) is 0 Å². The van der Waals surface area contributed by atoms with Gasteiger partial charge in [0, 0.05) is 19.8 Å². The minimum atomic E-state index is -0.522. The van der Waals surface area contributed by atoms with Crippen LogP contribution < -0.4 is 0 Å². The highest BCUT2D eigenvalue weighted by molar-refractivity contribution is 5.68. The van der Waals surface area contributed by atoms with Crippen LogP contribution in [0.3, 0.4) is 0 Å². The van der Waals surface area contributed by atoms with Crippen molar-refractivity contribution in [1.29, 1.82) is 0 Å². The average molecular weight is 252 g/mol. The van der Waals surface area contributed by atoms with Gasteiger partial charge in [0.2, 0.25) is 0 Å². The number of ether oxygens (including phenoxy) is 2. The van der Waals surface area contributed by atoms with E-state index in [1.165, 1.54) is 20.3 Å². The molecule has 4 heteroatoms. The molecule has 0 aliphatic heterocycles. The lowest BCUT2D eigenvalue weighted by Gasteiger charge is -2.58. The quantitative estimate of drug-likeness (QED) is 0.706. The van der Waals surface area contributed by atoms with Crippen molar-refractivity contribution in [3.63, 3.8) is 0 Å². The summed E-state index contributed by atoms with van der Waals surface area (Å²) in [6.07, 6.45) is 5.03. The predicted octanol–water partition coefficient (Wildman–Crippen LogP) is 2.06. The third kappa shape index (κ3) is 1.82. The third-order valence-corrected chi connectivity index (χ3v) is 4.79. The van der Waals surface area contributed by atoms with Crippen molar-refractivity contribution in [2.45, 2.75) is 57.7 Å². The molecule has 4 saturated carbocycles. The summed E-state index contributed by atoms with van der Waals surface area (Å²) in [5.41, 5.74) is -0.522. The Balaban J connectivity index is 1.90. The van der Waals surface area contributed by atoms with Gasteiger partial charge in [-0.2, -0.15) is 0 Å². The first-order valence-electron chi connectivity index (χ1n) is 6.85. The van der Waals surface area contributed by atoms with Crippen LogP contribution in [0.1, 0.15) is 46.0 Å². The molecule has 4 rings (SSSR count). The number of hydrogen-bond donors (Lipinski definition) is 0. The molecule has 4 aliphatic rings. The SMILES string of the molecule is CC(=O)OC1C2CC3CC(C2)CC1(OC(C)=O)C3. The van der Waals surface area contributed by atoms with E-state index in [1.807, 2.05) is 0 Å². The summed E-state index contributed by atoms with van der Waals surface area (Å²) in [5.74, 6) is 1.16. The molecule has 0 saturated heterocycles. The topological polar surface area (TPSA) is 52.6 Å². The van der Waals surface area contributed by atoms with Crippen LogP contribution in [0.5, 0.6) is 0 Å². The average Bonchev–Trinajstić information content (AvgIpc) is 2.20. The summed E-state index contributed by atoms with van der Waals surface area (Å²) in [4.78, 5) is 22.7. The zero-order chi connectivity index (χ0) is 12.9. The number of hydrogen-bond acceptors (Lipinski definition) is 4. The van der Waals surface area contributed by atoms with Gasteiger partial charge in [-0.15, -0.1) is 0 Å². The second-order valence-corrected chi connectivity index (χ2v) is 6.30. The maximum atomic E-state index is 11.4. The lowest BCUT2D eigenvalue weighted by atomic mass is 9.52. The molecule has 0 N–H and O–H groups in total. The number of rotatable bonds is 2. The highest BCUT2D eigenvalue weighted by Gasteiger charge is 2.60. The first kappa shape index (κ1) is 12.0. The first-order chi connectivity index (χ1) is 8.48. The highest BCUT2D eigenvalue weighted by Crippen LogP contribution is 2.58. The van der Waals surface area contributed by atoms with Crippen molar-refractivity contribution in [3.8, 4) is 0 Å². The third-order valence-electron chi connectivity index (χ3n) is 4.79. The monoisotopic (exact) mass is 252 g/mol. The van der Waals surface area contributed by atoms with Gasteiger partial charge in [0.1, 0.15) is 11.7 Å². The smallest absolute Gasteiger partial charge is 0.303 e. The van der Waals surface area contributed by atoms with Gasteiger partial charge in [-0.05, 0) is 43.9 Å². The molecule has 0 amide bonds. The lowest BCUT2D eigenvalue weighted by Crippen LogP contribution is -2.63. The van der Waals surface area contributed by atoms with E-state index in [-0.39, 0.29) is 18.0 Å². The standard InChI is InChI=1S/C14H20O4/c1-8(15)17-13-12-4-10-3-11(5-12)7-14(13,6-10)18-9(2)16/h10-13H,3-7H2,1-2H3. The van der Waals surface area contributed by atoms with Crippen molar-refractivity contribution >= 4 is 11.9 Å². The van der Waals surface area contributed by atoms with Crippen LogP contribution in [-0.4, -0.2) is 23.6 Å². The van der Waals surface area contributed by atoms with Crippen LogP contribution in [0.25, 0.3) is 0 Å². The van der Waals surface area contributed by atoms with E-state index in [0.717, 1.165) is 25.7 Å². The molecule has 3 unspecified atom stereocenters. The van der Waals surface area contributed by atoms with E-state index >= 15 is 0 Å². The number of carbonyl (C=O) groups is 2. The molecule has 3 atom stereocenters. The first-order valence-corrected chi connectivity index (χ1v) is 6.85. The molecule has 0 spiro atoms. The Kier molecular flexibility index (Phi) is 2.65. The van der Waals surface area contributed by atoms with Crippen molar-refractivity contribution < 1.29 is 19.1 Å². The Bertz CT molecular complexity index is 375. The summed E-state index contributed by atoms with van der Waals surface area (Å²) >= 11 is 0. The minimum Gasteiger partial charge on any atom is -0.458 e. The van der Waals surface area contributed by atoms with Gasteiger partial charge in [0.25, 0.3) is 0 Å². The molecule has 4 nitrogen and oxygen atoms in total. The molecule has 0 aromatic carbocycles. The summed E-state index contributed by atoms with van der Waals surface area (Å²) < 4.78 is 11.2. The van der Waals surface area contributed by atoms with Crippen molar-refractivity contribution in [1.82, 2.24) is 0 Å². The van der Waals surface area contributed by atoms with Gasteiger partial charge in [-0.3, -0.25) is 9.59 Å².